The van der Waals surface area contributed by atoms with Gasteiger partial charge in [-0.15, -0.1) is 0 Å². The standard InChI is InChI=1S/C58H109NO5/c1-3-5-7-9-11-13-15-17-18-19-20-21-22-24-27-30-34-38-42-46-50-56(61)55(54-60)59-57(62)51-47-43-39-35-31-28-25-23-26-29-33-37-41-45-49-53-64-58(63)52-48-44-40-36-32-16-14-12-10-8-6-4-2/h12,14,23,26,29,33,55-56,60-61H,3-11,13,15-22,24-25,27-28,30-32,34-54H2,1-2H3,(H,59,62)/b14-12-,26-23-,33-29-. The maximum atomic E-state index is 12.5. The summed E-state index contributed by atoms with van der Waals surface area (Å²) in [5.74, 6) is -0.0879. The zero-order valence-electron chi connectivity index (χ0n) is 42.8. The second-order valence-electron chi connectivity index (χ2n) is 19.3. The summed E-state index contributed by atoms with van der Waals surface area (Å²) < 4.78 is 5.43. The maximum absolute atomic E-state index is 12.5. The number of nitrogens with one attached hydrogen (secondary N) is 1. The Morgan fingerprint density at radius 2 is 0.781 bits per heavy atom. The highest BCUT2D eigenvalue weighted by Gasteiger charge is 2.20. The van der Waals surface area contributed by atoms with Crippen LogP contribution in [0.1, 0.15) is 296 Å². The third-order valence-corrected chi connectivity index (χ3v) is 12.9. The van der Waals surface area contributed by atoms with Crippen molar-refractivity contribution >= 4 is 11.9 Å². The predicted molar refractivity (Wildman–Crippen MR) is 278 cm³/mol. The molecule has 6 nitrogen and oxygen atoms in total. The number of unbranched alkanes of at least 4 members (excludes halogenated alkanes) is 36. The van der Waals surface area contributed by atoms with Crippen molar-refractivity contribution in [3.05, 3.63) is 36.5 Å². The fourth-order valence-electron chi connectivity index (χ4n) is 8.57. The van der Waals surface area contributed by atoms with Gasteiger partial charge in [0.2, 0.25) is 5.91 Å². The van der Waals surface area contributed by atoms with Crippen LogP contribution >= 0.6 is 0 Å². The SMILES string of the molecule is CCCCC/C=C\CCCCCCCC(=O)OCCCCC/C=C\C=C/CCCCCCCCC(=O)NC(CO)C(O)CCCCCCCCCCCCCCCCCCCCCC. The summed E-state index contributed by atoms with van der Waals surface area (Å²) >= 11 is 0. The largest absolute Gasteiger partial charge is 0.466 e. The quantitative estimate of drug-likeness (QED) is 0.0245. The fourth-order valence-corrected chi connectivity index (χ4v) is 8.57. The van der Waals surface area contributed by atoms with Gasteiger partial charge < -0.3 is 20.3 Å². The molecule has 2 atom stereocenters. The van der Waals surface area contributed by atoms with Crippen LogP contribution in [0.5, 0.6) is 0 Å². The zero-order valence-corrected chi connectivity index (χ0v) is 42.8. The van der Waals surface area contributed by atoms with E-state index < -0.39 is 12.1 Å². The molecular formula is C58H109NO5. The molecule has 2 unspecified atom stereocenters. The van der Waals surface area contributed by atoms with Crippen molar-refractivity contribution in [3.8, 4) is 0 Å². The van der Waals surface area contributed by atoms with Crippen LogP contribution in [0.2, 0.25) is 0 Å². The Morgan fingerprint density at radius 3 is 1.23 bits per heavy atom. The average molecular weight is 901 g/mol. The van der Waals surface area contributed by atoms with Crippen LogP contribution in [-0.4, -0.2) is 47.4 Å². The highest BCUT2D eigenvalue weighted by Crippen LogP contribution is 2.17. The number of carbonyl (C=O) groups is 2. The van der Waals surface area contributed by atoms with Crippen LogP contribution in [0.25, 0.3) is 0 Å². The van der Waals surface area contributed by atoms with E-state index in [1.54, 1.807) is 0 Å². The van der Waals surface area contributed by atoms with E-state index in [4.69, 9.17) is 4.74 Å². The monoisotopic (exact) mass is 900 g/mol. The first-order valence-corrected chi connectivity index (χ1v) is 28.3. The Balaban J connectivity index is 3.53. The number of hydrogen-bond acceptors (Lipinski definition) is 5. The van der Waals surface area contributed by atoms with Gasteiger partial charge in [0, 0.05) is 12.8 Å². The molecule has 376 valence electrons. The third kappa shape index (κ3) is 49.5. The number of ether oxygens (including phenoxy) is 1. The third-order valence-electron chi connectivity index (χ3n) is 12.9. The molecule has 6 heteroatoms. The first-order chi connectivity index (χ1) is 31.5. The van der Waals surface area contributed by atoms with Gasteiger partial charge in [-0.25, -0.2) is 0 Å². The lowest BCUT2D eigenvalue weighted by Crippen LogP contribution is -2.45. The zero-order chi connectivity index (χ0) is 46.5. The minimum Gasteiger partial charge on any atom is -0.466 e. The van der Waals surface area contributed by atoms with Gasteiger partial charge in [-0.3, -0.25) is 9.59 Å². The van der Waals surface area contributed by atoms with E-state index in [9.17, 15) is 19.8 Å². The van der Waals surface area contributed by atoms with Gasteiger partial charge >= 0.3 is 5.97 Å². The Hall–Kier alpha value is -1.92. The molecule has 0 aromatic rings. The van der Waals surface area contributed by atoms with E-state index in [-0.39, 0.29) is 18.5 Å². The topological polar surface area (TPSA) is 95.9 Å². The number of rotatable bonds is 52. The van der Waals surface area contributed by atoms with E-state index in [0.29, 0.717) is 25.9 Å². The molecule has 0 aliphatic rings. The Morgan fingerprint density at radius 1 is 0.438 bits per heavy atom. The first-order valence-electron chi connectivity index (χ1n) is 28.3. The highest BCUT2D eigenvalue weighted by atomic mass is 16.5. The van der Waals surface area contributed by atoms with Gasteiger partial charge in [0.05, 0.1) is 25.4 Å². The number of carbonyl (C=O) groups excluding carboxylic acids is 2. The van der Waals surface area contributed by atoms with Gasteiger partial charge in [0.15, 0.2) is 0 Å². The number of allylic oxidation sites excluding steroid dienone is 6. The summed E-state index contributed by atoms with van der Waals surface area (Å²) in [7, 11) is 0. The molecule has 0 radical (unpaired) electrons. The van der Waals surface area contributed by atoms with Gasteiger partial charge in [-0.1, -0.05) is 237 Å². The minimum atomic E-state index is -0.680. The first kappa shape index (κ1) is 62.1. The molecule has 0 aromatic heterocycles. The van der Waals surface area contributed by atoms with Crippen LogP contribution in [0.4, 0.5) is 0 Å². The van der Waals surface area contributed by atoms with Crippen LogP contribution in [0.15, 0.2) is 36.5 Å². The molecule has 0 fully saturated rings. The smallest absolute Gasteiger partial charge is 0.305 e. The van der Waals surface area contributed by atoms with E-state index in [1.807, 2.05) is 0 Å². The second-order valence-corrected chi connectivity index (χ2v) is 19.3. The van der Waals surface area contributed by atoms with E-state index >= 15 is 0 Å². The molecule has 1 amide bonds. The molecule has 0 spiro atoms. The lowest BCUT2D eigenvalue weighted by atomic mass is 10.0. The summed E-state index contributed by atoms with van der Waals surface area (Å²) in [5, 5.41) is 23.3. The summed E-state index contributed by atoms with van der Waals surface area (Å²) in [5.41, 5.74) is 0. The number of amides is 1. The van der Waals surface area contributed by atoms with Crippen molar-refractivity contribution in [2.24, 2.45) is 0 Å². The molecule has 3 N–H and O–H groups in total. The number of aliphatic hydroxyl groups excluding tert-OH is 2. The second kappa shape index (κ2) is 53.7. The molecule has 0 rings (SSSR count). The molecule has 64 heavy (non-hydrogen) atoms. The lowest BCUT2D eigenvalue weighted by Gasteiger charge is -2.22. The summed E-state index contributed by atoms with van der Waals surface area (Å²) in [4.78, 5) is 24.5. The Labute approximate surface area is 398 Å². The van der Waals surface area contributed by atoms with Crippen LogP contribution in [-0.2, 0) is 14.3 Å². The highest BCUT2D eigenvalue weighted by molar-refractivity contribution is 5.76. The minimum absolute atomic E-state index is 0.0317. The van der Waals surface area contributed by atoms with Gasteiger partial charge in [-0.2, -0.15) is 0 Å². The number of hydrogen-bond donors (Lipinski definition) is 3. The van der Waals surface area contributed by atoms with Crippen LogP contribution in [0, 0.1) is 0 Å². The Kier molecular flexibility index (Phi) is 52.1. The molecule has 0 saturated heterocycles. The molecule has 0 bridgehead atoms. The van der Waals surface area contributed by atoms with Crippen molar-refractivity contribution in [1.29, 1.82) is 0 Å². The van der Waals surface area contributed by atoms with Crippen LogP contribution < -0.4 is 5.32 Å². The lowest BCUT2D eigenvalue weighted by molar-refractivity contribution is -0.143. The summed E-state index contributed by atoms with van der Waals surface area (Å²) in [6.07, 6.45) is 65.6. The Bertz CT molecular complexity index is 1040. The molecular weight excluding hydrogens is 791 g/mol. The van der Waals surface area contributed by atoms with Crippen LogP contribution in [0.3, 0.4) is 0 Å². The van der Waals surface area contributed by atoms with Crippen molar-refractivity contribution in [2.75, 3.05) is 13.2 Å². The predicted octanol–water partition coefficient (Wildman–Crippen LogP) is 17.2. The van der Waals surface area contributed by atoms with Crippen molar-refractivity contribution in [1.82, 2.24) is 5.32 Å². The molecule has 0 saturated carbocycles. The van der Waals surface area contributed by atoms with E-state index in [2.05, 4.69) is 55.6 Å². The van der Waals surface area contributed by atoms with Gasteiger partial charge in [-0.05, 0) is 83.5 Å². The summed E-state index contributed by atoms with van der Waals surface area (Å²) in [6.45, 7) is 4.88. The molecule has 0 aliphatic heterocycles. The van der Waals surface area contributed by atoms with E-state index in [1.165, 1.54) is 186 Å². The molecule has 0 aliphatic carbocycles. The van der Waals surface area contributed by atoms with Gasteiger partial charge in [0.1, 0.15) is 0 Å². The normalized spacial score (nSPS) is 12.9. The van der Waals surface area contributed by atoms with Crippen molar-refractivity contribution in [3.63, 3.8) is 0 Å². The van der Waals surface area contributed by atoms with E-state index in [0.717, 1.165) is 77.0 Å². The number of aliphatic hydroxyl groups is 2. The molecule has 0 heterocycles. The fraction of sp³-hybridized carbons (Fsp3) is 0.862. The average Bonchev–Trinajstić information content (AvgIpc) is 3.29. The number of esters is 1. The van der Waals surface area contributed by atoms with Gasteiger partial charge in [0.25, 0.3) is 0 Å². The van der Waals surface area contributed by atoms with Crippen molar-refractivity contribution < 1.29 is 24.5 Å². The maximum Gasteiger partial charge on any atom is 0.305 e. The molecule has 0 aromatic carbocycles. The summed E-state index contributed by atoms with van der Waals surface area (Å²) in [6, 6.07) is -0.559. The van der Waals surface area contributed by atoms with Crippen molar-refractivity contribution in [2.45, 2.75) is 309 Å².